The summed E-state index contributed by atoms with van der Waals surface area (Å²) in [5, 5.41) is 0. The molecular formula is C8H18N2O. The van der Waals surface area contributed by atoms with Crippen LogP contribution in [0.25, 0.3) is 0 Å². The van der Waals surface area contributed by atoms with E-state index in [4.69, 9.17) is 5.73 Å². The molecule has 0 atom stereocenters. The SMILES string of the molecule is CCC(=O)N(CCN)C(C)C. The van der Waals surface area contributed by atoms with Gasteiger partial charge in [-0.25, -0.2) is 0 Å². The van der Waals surface area contributed by atoms with Gasteiger partial charge >= 0.3 is 0 Å². The second kappa shape index (κ2) is 5.13. The van der Waals surface area contributed by atoms with Crippen LogP contribution in [0.5, 0.6) is 0 Å². The fourth-order valence-corrected chi connectivity index (χ4v) is 1.01. The second-order valence-electron chi connectivity index (χ2n) is 2.82. The van der Waals surface area contributed by atoms with Gasteiger partial charge in [-0.1, -0.05) is 6.92 Å². The Hall–Kier alpha value is -0.570. The van der Waals surface area contributed by atoms with Gasteiger partial charge in [0.15, 0.2) is 0 Å². The zero-order valence-electron chi connectivity index (χ0n) is 7.63. The zero-order chi connectivity index (χ0) is 8.85. The molecule has 0 heterocycles. The van der Waals surface area contributed by atoms with Gasteiger partial charge in [0.05, 0.1) is 0 Å². The van der Waals surface area contributed by atoms with E-state index in [1.165, 1.54) is 0 Å². The van der Waals surface area contributed by atoms with Gasteiger partial charge in [-0.15, -0.1) is 0 Å². The molecule has 66 valence electrons. The highest BCUT2D eigenvalue weighted by molar-refractivity contribution is 5.76. The fraction of sp³-hybridized carbons (Fsp3) is 0.875. The summed E-state index contributed by atoms with van der Waals surface area (Å²) in [4.78, 5) is 13.0. The Labute approximate surface area is 68.6 Å². The molecule has 11 heavy (non-hydrogen) atoms. The predicted octanol–water partition coefficient (Wildman–Crippen LogP) is 0.592. The van der Waals surface area contributed by atoms with E-state index in [0.29, 0.717) is 19.5 Å². The Kier molecular flexibility index (Phi) is 4.86. The van der Waals surface area contributed by atoms with E-state index in [1.807, 2.05) is 20.8 Å². The van der Waals surface area contributed by atoms with Gasteiger partial charge in [-0.05, 0) is 13.8 Å². The lowest BCUT2D eigenvalue weighted by atomic mass is 10.3. The first-order chi connectivity index (χ1) is 5.13. The number of carbonyl (C=O) groups excluding carboxylic acids is 1. The summed E-state index contributed by atoms with van der Waals surface area (Å²) >= 11 is 0. The number of nitrogens with zero attached hydrogens (tertiary/aromatic N) is 1. The van der Waals surface area contributed by atoms with Gasteiger partial charge in [0.1, 0.15) is 0 Å². The van der Waals surface area contributed by atoms with Crippen LogP contribution in [0.2, 0.25) is 0 Å². The van der Waals surface area contributed by atoms with Crippen LogP contribution in [-0.4, -0.2) is 29.9 Å². The maximum absolute atomic E-state index is 11.2. The van der Waals surface area contributed by atoms with Crippen molar-refractivity contribution in [2.45, 2.75) is 33.2 Å². The molecule has 0 rings (SSSR count). The Bertz CT molecular complexity index is 123. The minimum atomic E-state index is 0.186. The van der Waals surface area contributed by atoms with Crippen LogP contribution >= 0.6 is 0 Å². The number of hydrogen-bond acceptors (Lipinski definition) is 2. The van der Waals surface area contributed by atoms with E-state index in [-0.39, 0.29) is 11.9 Å². The Morgan fingerprint density at radius 2 is 2.09 bits per heavy atom. The van der Waals surface area contributed by atoms with Gasteiger partial charge in [0.25, 0.3) is 0 Å². The highest BCUT2D eigenvalue weighted by atomic mass is 16.2. The molecule has 0 aromatic heterocycles. The summed E-state index contributed by atoms with van der Waals surface area (Å²) in [6.07, 6.45) is 0.568. The normalized spacial score (nSPS) is 10.3. The average Bonchev–Trinajstić information content (AvgIpc) is 1.98. The lowest BCUT2D eigenvalue weighted by Gasteiger charge is -2.25. The molecule has 0 aromatic rings. The molecule has 0 bridgehead atoms. The second-order valence-corrected chi connectivity index (χ2v) is 2.82. The van der Waals surface area contributed by atoms with Crippen LogP contribution in [0.3, 0.4) is 0 Å². The first-order valence-electron chi connectivity index (χ1n) is 4.13. The van der Waals surface area contributed by atoms with E-state index in [1.54, 1.807) is 4.90 Å². The van der Waals surface area contributed by atoms with Gasteiger partial charge in [-0.2, -0.15) is 0 Å². The topological polar surface area (TPSA) is 46.3 Å². The fourth-order valence-electron chi connectivity index (χ4n) is 1.01. The maximum atomic E-state index is 11.2. The average molecular weight is 158 g/mol. The lowest BCUT2D eigenvalue weighted by Crippen LogP contribution is -2.39. The lowest BCUT2D eigenvalue weighted by molar-refractivity contribution is -0.132. The van der Waals surface area contributed by atoms with Crippen LogP contribution in [0.15, 0.2) is 0 Å². The monoisotopic (exact) mass is 158 g/mol. The smallest absolute Gasteiger partial charge is 0.222 e. The quantitative estimate of drug-likeness (QED) is 0.651. The third-order valence-corrected chi connectivity index (χ3v) is 1.62. The van der Waals surface area contributed by atoms with E-state index in [2.05, 4.69) is 0 Å². The molecule has 0 radical (unpaired) electrons. The van der Waals surface area contributed by atoms with Gasteiger partial charge in [0.2, 0.25) is 5.91 Å². The molecule has 3 nitrogen and oxygen atoms in total. The minimum Gasteiger partial charge on any atom is -0.339 e. The molecule has 0 aliphatic carbocycles. The first-order valence-corrected chi connectivity index (χ1v) is 4.13. The molecule has 0 saturated carbocycles. The summed E-state index contributed by atoms with van der Waals surface area (Å²) in [5.41, 5.74) is 5.37. The Balaban J connectivity index is 3.98. The predicted molar refractivity (Wildman–Crippen MR) is 46.2 cm³/mol. The molecule has 0 fully saturated rings. The van der Waals surface area contributed by atoms with E-state index in [0.717, 1.165) is 0 Å². The van der Waals surface area contributed by atoms with Crippen molar-refractivity contribution < 1.29 is 4.79 Å². The number of carbonyl (C=O) groups is 1. The van der Waals surface area contributed by atoms with Crippen molar-refractivity contribution in [2.75, 3.05) is 13.1 Å². The summed E-state index contributed by atoms with van der Waals surface area (Å²) in [6, 6.07) is 0.269. The molecule has 1 amide bonds. The summed E-state index contributed by atoms with van der Waals surface area (Å²) in [6.45, 7) is 7.09. The molecule has 0 aliphatic rings. The van der Waals surface area contributed by atoms with Crippen LogP contribution in [0.4, 0.5) is 0 Å². The van der Waals surface area contributed by atoms with E-state index >= 15 is 0 Å². The molecule has 0 aromatic carbocycles. The summed E-state index contributed by atoms with van der Waals surface area (Å²) in [5.74, 6) is 0.186. The van der Waals surface area contributed by atoms with Crippen molar-refractivity contribution in [3.63, 3.8) is 0 Å². The molecular weight excluding hydrogens is 140 g/mol. The molecule has 0 aliphatic heterocycles. The third kappa shape index (κ3) is 3.37. The van der Waals surface area contributed by atoms with Crippen molar-refractivity contribution in [1.82, 2.24) is 4.90 Å². The highest BCUT2D eigenvalue weighted by Gasteiger charge is 2.12. The van der Waals surface area contributed by atoms with Crippen LogP contribution in [0, 0.1) is 0 Å². The summed E-state index contributed by atoms with van der Waals surface area (Å²) < 4.78 is 0. The van der Waals surface area contributed by atoms with E-state index < -0.39 is 0 Å². The summed E-state index contributed by atoms with van der Waals surface area (Å²) in [7, 11) is 0. The zero-order valence-corrected chi connectivity index (χ0v) is 7.63. The Morgan fingerprint density at radius 3 is 2.36 bits per heavy atom. The minimum absolute atomic E-state index is 0.186. The largest absolute Gasteiger partial charge is 0.339 e. The molecule has 0 saturated heterocycles. The van der Waals surface area contributed by atoms with E-state index in [9.17, 15) is 4.79 Å². The van der Waals surface area contributed by atoms with Gasteiger partial charge in [0, 0.05) is 25.6 Å². The van der Waals surface area contributed by atoms with Gasteiger partial charge in [-0.3, -0.25) is 4.79 Å². The highest BCUT2D eigenvalue weighted by Crippen LogP contribution is 1.99. The van der Waals surface area contributed by atoms with Crippen molar-refractivity contribution >= 4 is 5.91 Å². The Morgan fingerprint density at radius 1 is 1.55 bits per heavy atom. The van der Waals surface area contributed by atoms with Crippen LogP contribution < -0.4 is 5.73 Å². The van der Waals surface area contributed by atoms with Crippen LogP contribution in [-0.2, 0) is 4.79 Å². The molecule has 2 N–H and O–H groups in total. The first kappa shape index (κ1) is 10.4. The molecule has 0 unspecified atom stereocenters. The molecule has 3 heteroatoms. The van der Waals surface area contributed by atoms with Crippen LogP contribution in [0.1, 0.15) is 27.2 Å². The number of hydrogen-bond donors (Lipinski definition) is 1. The third-order valence-electron chi connectivity index (χ3n) is 1.62. The maximum Gasteiger partial charge on any atom is 0.222 e. The van der Waals surface area contributed by atoms with Crippen molar-refractivity contribution in [2.24, 2.45) is 5.73 Å². The van der Waals surface area contributed by atoms with Crippen molar-refractivity contribution in [3.8, 4) is 0 Å². The number of rotatable bonds is 4. The number of amides is 1. The number of nitrogens with two attached hydrogens (primary N) is 1. The standard InChI is InChI=1S/C8H18N2O/c1-4-8(11)10(6-5-9)7(2)3/h7H,4-6,9H2,1-3H3. The van der Waals surface area contributed by atoms with Crippen molar-refractivity contribution in [1.29, 1.82) is 0 Å². The molecule has 0 spiro atoms. The van der Waals surface area contributed by atoms with Crippen molar-refractivity contribution in [3.05, 3.63) is 0 Å². The van der Waals surface area contributed by atoms with Gasteiger partial charge < -0.3 is 10.6 Å².